The highest BCUT2D eigenvalue weighted by Crippen LogP contribution is 2.36. The SMILES string of the molecule is CCc1ccc(C(Cl)CCC2CCCC2)s1. The third-order valence-corrected chi connectivity index (χ3v) is 5.57. The summed E-state index contributed by atoms with van der Waals surface area (Å²) in [6.45, 7) is 2.21. The molecule has 0 aromatic carbocycles. The molecule has 1 aliphatic rings. The zero-order valence-corrected chi connectivity index (χ0v) is 11.6. The minimum atomic E-state index is 0.255. The van der Waals surface area contributed by atoms with E-state index in [1.54, 1.807) is 0 Å². The quantitative estimate of drug-likeness (QED) is 0.605. The minimum absolute atomic E-state index is 0.255. The Morgan fingerprint density at radius 2 is 2.12 bits per heavy atom. The van der Waals surface area contributed by atoms with Crippen LogP contribution in [0.2, 0.25) is 0 Å². The van der Waals surface area contributed by atoms with Crippen molar-refractivity contribution in [2.45, 2.75) is 57.2 Å². The molecule has 0 spiro atoms. The van der Waals surface area contributed by atoms with E-state index in [4.69, 9.17) is 11.6 Å². The normalized spacial score (nSPS) is 19.1. The fourth-order valence-corrected chi connectivity index (χ4v) is 3.87. The fourth-order valence-electron chi connectivity index (χ4n) is 2.58. The van der Waals surface area contributed by atoms with Crippen LogP contribution in [0.3, 0.4) is 0 Å². The molecule has 1 aliphatic carbocycles. The van der Waals surface area contributed by atoms with Crippen molar-refractivity contribution < 1.29 is 0 Å². The molecule has 1 aromatic heterocycles. The summed E-state index contributed by atoms with van der Waals surface area (Å²) in [6.07, 6.45) is 9.38. The van der Waals surface area contributed by atoms with Gasteiger partial charge in [-0.1, -0.05) is 32.6 Å². The Labute approximate surface area is 108 Å². The van der Waals surface area contributed by atoms with E-state index in [0.29, 0.717) is 0 Å². The molecule has 90 valence electrons. The summed E-state index contributed by atoms with van der Waals surface area (Å²) in [5, 5.41) is 0.255. The lowest BCUT2D eigenvalue weighted by atomic mass is 10.0. The summed E-state index contributed by atoms with van der Waals surface area (Å²) in [4.78, 5) is 2.83. The van der Waals surface area contributed by atoms with E-state index >= 15 is 0 Å². The molecule has 0 N–H and O–H groups in total. The molecular formula is C14H21ClS. The third kappa shape index (κ3) is 3.24. The highest BCUT2D eigenvalue weighted by molar-refractivity contribution is 7.12. The lowest BCUT2D eigenvalue weighted by molar-refractivity contribution is 0.481. The van der Waals surface area contributed by atoms with E-state index < -0.39 is 0 Å². The Morgan fingerprint density at radius 3 is 2.75 bits per heavy atom. The van der Waals surface area contributed by atoms with Gasteiger partial charge in [-0.05, 0) is 37.3 Å². The molecule has 1 aromatic rings. The van der Waals surface area contributed by atoms with Crippen molar-refractivity contribution in [2.75, 3.05) is 0 Å². The summed E-state index contributed by atoms with van der Waals surface area (Å²) in [5.74, 6) is 0.965. The van der Waals surface area contributed by atoms with Crippen molar-refractivity contribution in [3.8, 4) is 0 Å². The molecule has 0 bridgehead atoms. The van der Waals surface area contributed by atoms with Gasteiger partial charge in [-0.15, -0.1) is 22.9 Å². The van der Waals surface area contributed by atoms with Crippen LogP contribution in [-0.4, -0.2) is 0 Å². The van der Waals surface area contributed by atoms with Gasteiger partial charge in [-0.3, -0.25) is 0 Å². The number of hydrogen-bond acceptors (Lipinski definition) is 1. The average molecular weight is 257 g/mol. The number of alkyl halides is 1. The van der Waals surface area contributed by atoms with Gasteiger partial charge in [0, 0.05) is 9.75 Å². The first-order valence-corrected chi connectivity index (χ1v) is 7.77. The molecule has 0 aliphatic heterocycles. The first-order chi connectivity index (χ1) is 7.79. The summed E-state index contributed by atoms with van der Waals surface area (Å²) >= 11 is 8.36. The van der Waals surface area contributed by atoms with Crippen LogP contribution in [0.15, 0.2) is 12.1 Å². The maximum Gasteiger partial charge on any atom is 0.0678 e. The topological polar surface area (TPSA) is 0 Å². The Hall–Kier alpha value is -0.0100. The smallest absolute Gasteiger partial charge is 0.0678 e. The number of aryl methyl sites for hydroxylation is 1. The number of halogens is 1. The van der Waals surface area contributed by atoms with Gasteiger partial charge >= 0.3 is 0 Å². The molecule has 0 nitrogen and oxygen atoms in total. The van der Waals surface area contributed by atoms with Crippen LogP contribution in [0.5, 0.6) is 0 Å². The molecule has 1 heterocycles. The second-order valence-electron chi connectivity index (χ2n) is 4.85. The highest BCUT2D eigenvalue weighted by Gasteiger charge is 2.17. The zero-order chi connectivity index (χ0) is 11.4. The van der Waals surface area contributed by atoms with Gasteiger partial charge in [-0.25, -0.2) is 0 Å². The Bertz CT molecular complexity index is 312. The zero-order valence-electron chi connectivity index (χ0n) is 10.0. The Morgan fingerprint density at radius 1 is 1.38 bits per heavy atom. The van der Waals surface area contributed by atoms with Gasteiger partial charge in [0.15, 0.2) is 0 Å². The van der Waals surface area contributed by atoms with Crippen molar-refractivity contribution in [3.05, 3.63) is 21.9 Å². The van der Waals surface area contributed by atoms with E-state index in [2.05, 4.69) is 19.1 Å². The molecule has 2 heteroatoms. The predicted octanol–water partition coefficient (Wildman–Crippen LogP) is 5.56. The first kappa shape index (κ1) is 12.4. The molecule has 1 saturated carbocycles. The van der Waals surface area contributed by atoms with Gasteiger partial charge in [0.25, 0.3) is 0 Å². The van der Waals surface area contributed by atoms with Crippen molar-refractivity contribution in [1.82, 2.24) is 0 Å². The van der Waals surface area contributed by atoms with Crippen LogP contribution in [0.4, 0.5) is 0 Å². The molecule has 0 radical (unpaired) electrons. The predicted molar refractivity (Wildman–Crippen MR) is 73.5 cm³/mol. The Kier molecular flexibility index (Phi) is 4.72. The molecule has 16 heavy (non-hydrogen) atoms. The van der Waals surface area contributed by atoms with E-state index in [1.165, 1.54) is 41.9 Å². The van der Waals surface area contributed by atoms with Gasteiger partial charge in [0.2, 0.25) is 0 Å². The molecule has 2 rings (SSSR count). The molecule has 1 atom stereocenters. The maximum absolute atomic E-state index is 6.47. The van der Waals surface area contributed by atoms with Crippen molar-refractivity contribution in [2.24, 2.45) is 5.92 Å². The van der Waals surface area contributed by atoms with Crippen molar-refractivity contribution >= 4 is 22.9 Å². The third-order valence-electron chi connectivity index (χ3n) is 3.64. The second kappa shape index (κ2) is 6.07. The average Bonchev–Trinajstić information content (AvgIpc) is 2.96. The van der Waals surface area contributed by atoms with E-state index in [-0.39, 0.29) is 5.38 Å². The van der Waals surface area contributed by atoms with E-state index in [9.17, 15) is 0 Å². The van der Waals surface area contributed by atoms with Crippen LogP contribution in [-0.2, 0) is 6.42 Å². The molecule has 0 saturated heterocycles. The van der Waals surface area contributed by atoms with Gasteiger partial charge in [0.05, 0.1) is 5.38 Å². The Balaban J connectivity index is 1.80. The molecule has 0 amide bonds. The van der Waals surface area contributed by atoms with E-state index in [1.807, 2.05) is 11.3 Å². The molecule has 1 fully saturated rings. The fraction of sp³-hybridized carbons (Fsp3) is 0.714. The van der Waals surface area contributed by atoms with Crippen LogP contribution in [0.1, 0.15) is 60.6 Å². The monoisotopic (exact) mass is 256 g/mol. The van der Waals surface area contributed by atoms with Crippen molar-refractivity contribution in [1.29, 1.82) is 0 Å². The number of hydrogen-bond donors (Lipinski definition) is 0. The van der Waals surface area contributed by atoms with Crippen LogP contribution in [0.25, 0.3) is 0 Å². The second-order valence-corrected chi connectivity index (χ2v) is 6.58. The molecular weight excluding hydrogens is 236 g/mol. The highest BCUT2D eigenvalue weighted by atomic mass is 35.5. The number of rotatable bonds is 5. The van der Waals surface area contributed by atoms with Crippen LogP contribution in [0, 0.1) is 5.92 Å². The lowest BCUT2D eigenvalue weighted by Gasteiger charge is -2.11. The van der Waals surface area contributed by atoms with Gasteiger partial charge in [0.1, 0.15) is 0 Å². The van der Waals surface area contributed by atoms with Gasteiger partial charge in [-0.2, -0.15) is 0 Å². The van der Waals surface area contributed by atoms with E-state index in [0.717, 1.165) is 18.8 Å². The molecule has 1 unspecified atom stereocenters. The summed E-state index contributed by atoms with van der Waals surface area (Å²) in [7, 11) is 0. The largest absolute Gasteiger partial charge is 0.144 e. The summed E-state index contributed by atoms with van der Waals surface area (Å²) in [6, 6.07) is 4.45. The van der Waals surface area contributed by atoms with Crippen LogP contribution >= 0.6 is 22.9 Å². The first-order valence-electron chi connectivity index (χ1n) is 6.52. The minimum Gasteiger partial charge on any atom is -0.144 e. The lowest BCUT2D eigenvalue weighted by Crippen LogP contribution is -1.96. The summed E-state index contributed by atoms with van der Waals surface area (Å²) < 4.78 is 0. The van der Waals surface area contributed by atoms with Gasteiger partial charge < -0.3 is 0 Å². The van der Waals surface area contributed by atoms with Crippen molar-refractivity contribution in [3.63, 3.8) is 0 Å². The maximum atomic E-state index is 6.47. The van der Waals surface area contributed by atoms with Crippen LogP contribution < -0.4 is 0 Å². The standard InChI is InChI=1S/C14H21ClS/c1-2-12-8-10-14(16-12)13(15)9-7-11-5-3-4-6-11/h8,10-11,13H,2-7,9H2,1H3. The summed E-state index contributed by atoms with van der Waals surface area (Å²) in [5.41, 5.74) is 0. The number of thiophene rings is 1.